The summed E-state index contributed by atoms with van der Waals surface area (Å²) in [5, 5.41) is 7.60. The topological polar surface area (TPSA) is 113 Å². The second-order valence-corrected chi connectivity index (χ2v) is 4.64. The van der Waals surface area contributed by atoms with Crippen LogP contribution in [0.4, 0.5) is 0 Å². The second-order valence-electron chi connectivity index (χ2n) is 4.64. The molecule has 3 rings (SSSR count). The van der Waals surface area contributed by atoms with Crippen molar-refractivity contribution in [1.82, 2.24) is 20.3 Å². The van der Waals surface area contributed by atoms with Gasteiger partial charge in [0.05, 0.1) is 0 Å². The highest BCUT2D eigenvalue weighted by Gasteiger charge is 2.10. The minimum Gasteiger partial charge on any atom is -0.362 e. The number of halogens is 1. The molecule has 0 unspecified atom stereocenters. The zero-order valence-corrected chi connectivity index (χ0v) is 13.2. The average Bonchev–Trinajstić information content (AvgIpc) is 3.17. The Bertz CT molecular complexity index is 741. The third-order valence-corrected chi connectivity index (χ3v) is 2.94. The van der Waals surface area contributed by atoms with E-state index in [1.807, 2.05) is 24.3 Å². The molecule has 2 aromatic heterocycles. The van der Waals surface area contributed by atoms with Gasteiger partial charge in [-0.05, 0) is 12.5 Å². The first kappa shape index (κ1) is 17.1. The molecule has 1 aromatic carbocycles. The molecule has 0 bridgehead atoms. The Kier molecular flexibility index (Phi) is 5.80. The highest BCUT2D eigenvalue weighted by molar-refractivity contribution is 5.85. The Labute approximate surface area is 138 Å². The lowest BCUT2D eigenvalue weighted by molar-refractivity contribution is 0.0668. The van der Waals surface area contributed by atoms with Crippen LogP contribution in [0.2, 0.25) is 0 Å². The summed E-state index contributed by atoms with van der Waals surface area (Å²) in [5.41, 5.74) is 7.47. The zero-order valence-electron chi connectivity index (χ0n) is 12.4. The van der Waals surface area contributed by atoms with Gasteiger partial charge in [0.15, 0.2) is 5.82 Å². The summed E-state index contributed by atoms with van der Waals surface area (Å²) in [4.78, 5) is 8.30. The molecule has 2 N–H and O–H groups in total. The molecule has 9 heteroatoms. The van der Waals surface area contributed by atoms with Gasteiger partial charge in [-0.25, -0.2) is 0 Å². The second kappa shape index (κ2) is 7.82. The molecule has 2 heterocycles. The summed E-state index contributed by atoms with van der Waals surface area (Å²) < 4.78 is 15.5. The molecular formula is C14H16ClN5O3. The molecular weight excluding hydrogens is 322 g/mol. The van der Waals surface area contributed by atoms with Crippen molar-refractivity contribution < 1.29 is 13.8 Å². The van der Waals surface area contributed by atoms with Crippen LogP contribution >= 0.6 is 12.4 Å². The Morgan fingerprint density at radius 2 is 1.65 bits per heavy atom. The predicted octanol–water partition coefficient (Wildman–Crippen LogP) is 2.03. The molecule has 0 atom stereocenters. The van der Waals surface area contributed by atoms with Gasteiger partial charge in [0.25, 0.3) is 11.8 Å². The van der Waals surface area contributed by atoms with Crippen LogP contribution in [0.3, 0.4) is 0 Å². The lowest BCUT2D eigenvalue weighted by atomic mass is 10.1. The summed E-state index contributed by atoms with van der Waals surface area (Å²) in [6.45, 7) is 2.62. The van der Waals surface area contributed by atoms with E-state index in [0.29, 0.717) is 30.0 Å². The first-order valence-corrected chi connectivity index (χ1v) is 6.73. The summed E-state index contributed by atoms with van der Waals surface area (Å²) in [6, 6.07) is 7.66. The van der Waals surface area contributed by atoms with Gasteiger partial charge in [0, 0.05) is 12.1 Å². The average molecular weight is 338 g/mol. The third kappa shape index (κ3) is 4.35. The van der Waals surface area contributed by atoms with Gasteiger partial charge >= 0.3 is 0 Å². The van der Waals surface area contributed by atoms with Crippen LogP contribution in [0.5, 0.6) is 0 Å². The summed E-state index contributed by atoms with van der Waals surface area (Å²) >= 11 is 0. The minimum absolute atomic E-state index is 0. The van der Waals surface area contributed by atoms with Crippen molar-refractivity contribution >= 4 is 12.4 Å². The Morgan fingerprint density at radius 1 is 1.00 bits per heavy atom. The molecule has 0 spiro atoms. The van der Waals surface area contributed by atoms with E-state index in [2.05, 4.69) is 20.3 Å². The molecule has 0 amide bonds. The summed E-state index contributed by atoms with van der Waals surface area (Å²) in [6.07, 6.45) is 0. The predicted molar refractivity (Wildman–Crippen MR) is 82.4 cm³/mol. The molecule has 3 aromatic rings. The number of nitrogens with two attached hydrogens (primary N) is 1. The Morgan fingerprint density at radius 3 is 2.26 bits per heavy atom. The Balaban J connectivity index is 0.00000192. The van der Waals surface area contributed by atoms with Crippen LogP contribution in [0.1, 0.15) is 23.2 Å². The number of aryl methyl sites for hydroxylation is 1. The fourth-order valence-corrected chi connectivity index (χ4v) is 1.84. The van der Waals surface area contributed by atoms with E-state index in [-0.39, 0.29) is 25.6 Å². The molecule has 0 aliphatic heterocycles. The quantitative estimate of drug-likeness (QED) is 0.726. The van der Waals surface area contributed by atoms with E-state index < -0.39 is 0 Å². The molecule has 0 saturated carbocycles. The lowest BCUT2D eigenvalue weighted by Crippen LogP contribution is -1.96. The standard InChI is InChI=1S/C14H15N5O3.ClH/c1-9-16-12(21-18-9)7-20-8-13-17-14(19-22-13)11-4-2-10(6-15)3-5-11;/h2-5H,6-8,15H2,1H3;1H. The highest BCUT2D eigenvalue weighted by atomic mass is 35.5. The normalized spacial score (nSPS) is 10.5. The van der Waals surface area contributed by atoms with Gasteiger partial charge in [0.2, 0.25) is 5.82 Å². The SMILES string of the molecule is Cc1noc(COCc2nc(-c3ccc(CN)cc3)no2)n1.Cl. The molecule has 0 aliphatic carbocycles. The van der Waals surface area contributed by atoms with Gasteiger partial charge in [-0.15, -0.1) is 12.4 Å². The Hall–Kier alpha value is -2.29. The van der Waals surface area contributed by atoms with Crippen molar-refractivity contribution in [3.05, 3.63) is 47.4 Å². The summed E-state index contributed by atoms with van der Waals surface area (Å²) in [5.74, 6) is 1.87. The van der Waals surface area contributed by atoms with Crippen LogP contribution in [-0.2, 0) is 24.5 Å². The molecule has 23 heavy (non-hydrogen) atoms. The van der Waals surface area contributed by atoms with Gasteiger partial charge in [-0.1, -0.05) is 34.6 Å². The smallest absolute Gasteiger partial charge is 0.252 e. The molecule has 122 valence electrons. The maximum Gasteiger partial charge on any atom is 0.252 e. The molecule has 8 nitrogen and oxygen atoms in total. The number of ether oxygens (including phenoxy) is 1. The number of hydrogen-bond acceptors (Lipinski definition) is 8. The van der Waals surface area contributed by atoms with E-state index >= 15 is 0 Å². The van der Waals surface area contributed by atoms with E-state index in [1.54, 1.807) is 6.92 Å². The maximum absolute atomic E-state index is 5.56. The van der Waals surface area contributed by atoms with E-state index in [4.69, 9.17) is 19.5 Å². The molecule has 0 aliphatic rings. The van der Waals surface area contributed by atoms with Crippen LogP contribution in [0.15, 0.2) is 33.3 Å². The van der Waals surface area contributed by atoms with Crippen molar-refractivity contribution in [1.29, 1.82) is 0 Å². The first-order valence-electron chi connectivity index (χ1n) is 6.73. The third-order valence-electron chi connectivity index (χ3n) is 2.94. The monoisotopic (exact) mass is 337 g/mol. The van der Waals surface area contributed by atoms with Crippen molar-refractivity contribution in [2.75, 3.05) is 0 Å². The lowest BCUT2D eigenvalue weighted by Gasteiger charge is -1.97. The fraction of sp³-hybridized carbons (Fsp3) is 0.286. The molecule has 0 fully saturated rings. The van der Waals surface area contributed by atoms with Crippen LogP contribution in [-0.4, -0.2) is 20.3 Å². The molecule has 0 saturated heterocycles. The minimum atomic E-state index is 0. The number of hydrogen-bond donors (Lipinski definition) is 1. The molecule has 0 radical (unpaired) electrons. The maximum atomic E-state index is 5.56. The number of benzene rings is 1. The summed E-state index contributed by atoms with van der Waals surface area (Å²) in [7, 11) is 0. The van der Waals surface area contributed by atoms with Crippen LogP contribution in [0, 0.1) is 6.92 Å². The van der Waals surface area contributed by atoms with Crippen molar-refractivity contribution in [2.24, 2.45) is 5.73 Å². The number of rotatable bonds is 6. The van der Waals surface area contributed by atoms with Crippen molar-refractivity contribution in [3.8, 4) is 11.4 Å². The zero-order chi connectivity index (χ0) is 15.4. The van der Waals surface area contributed by atoms with Gasteiger partial charge in [0.1, 0.15) is 13.2 Å². The van der Waals surface area contributed by atoms with Crippen molar-refractivity contribution in [2.45, 2.75) is 26.7 Å². The number of aromatic nitrogens is 4. The van der Waals surface area contributed by atoms with Crippen LogP contribution in [0.25, 0.3) is 11.4 Å². The van der Waals surface area contributed by atoms with Gasteiger partial charge in [-0.2, -0.15) is 9.97 Å². The van der Waals surface area contributed by atoms with Gasteiger partial charge < -0.3 is 19.5 Å². The largest absolute Gasteiger partial charge is 0.362 e. The first-order chi connectivity index (χ1) is 10.7. The van der Waals surface area contributed by atoms with E-state index in [0.717, 1.165) is 11.1 Å². The van der Waals surface area contributed by atoms with Gasteiger partial charge in [-0.3, -0.25) is 0 Å². The highest BCUT2D eigenvalue weighted by Crippen LogP contribution is 2.17. The van der Waals surface area contributed by atoms with Crippen LogP contribution < -0.4 is 5.73 Å². The van der Waals surface area contributed by atoms with Crippen molar-refractivity contribution in [3.63, 3.8) is 0 Å². The van der Waals surface area contributed by atoms with E-state index in [1.165, 1.54) is 0 Å². The number of nitrogens with zero attached hydrogens (tertiary/aromatic N) is 4. The fourth-order valence-electron chi connectivity index (χ4n) is 1.84. The van der Waals surface area contributed by atoms with E-state index in [9.17, 15) is 0 Å².